The minimum atomic E-state index is -4.84. The number of halogens is 6. The molecular formula is C31H36F6O4. The van der Waals surface area contributed by atoms with Crippen molar-refractivity contribution in [1.82, 2.24) is 0 Å². The third kappa shape index (κ3) is 7.69. The number of alkyl halides is 5. The van der Waals surface area contributed by atoms with Crippen molar-refractivity contribution >= 4 is 0 Å². The molecule has 0 amide bonds. The lowest BCUT2D eigenvalue weighted by Crippen LogP contribution is -2.40. The van der Waals surface area contributed by atoms with Gasteiger partial charge in [-0.15, -0.1) is 13.2 Å². The van der Waals surface area contributed by atoms with Crippen molar-refractivity contribution in [1.29, 1.82) is 0 Å². The van der Waals surface area contributed by atoms with E-state index in [1.165, 1.54) is 24.3 Å². The molecule has 2 aromatic carbocycles. The lowest BCUT2D eigenvalue weighted by Gasteiger charge is -2.41. The summed E-state index contributed by atoms with van der Waals surface area (Å²) in [6, 6.07) is 8.04. The summed E-state index contributed by atoms with van der Waals surface area (Å²) in [5, 5.41) is 0. The average Bonchev–Trinajstić information content (AvgIpc) is 2.93. The molecule has 0 spiro atoms. The fraction of sp³-hybridized carbons (Fsp3) is 0.613. The predicted octanol–water partition coefficient (Wildman–Crippen LogP) is 8.98. The second-order valence-electron chi connectivity index (χ2n) is 11.8. The van der Waals surface area contributed by atoms with Crippen LogP contribution in [-0.4, -0.2) is 32.0 Å². The highest BCUT2D eigenvalue weighted by atomic mass is 19.4. The van der Waals surface area contributed by atoms with Crippen molar-refractivity contribution in [2.45, 2.75) is 77.1 Å². The zero-order valence-corrected chi connectivity index (χ0v) is 23.0. The largest absolute Gasteiger partial charge is 0.573 e. The topological polar surface area (TPSA) is 36.9 Å². The fourth-order valence-corrected chi connectivity index (χ4v) is 6.57. The van der Waals surface area contributed by atoms with Crippen molar-refractivity contribution in [3.63, 3.8) is 0 Å². The third-order valence-electron chi connectivity index (χ3n) is 8.80. The van der Waals surface area contributed by atoms with Gasteiger partial charge in [0.15, 0.2) is 6.29 Å². The first-order chi connectivity index (χ1) is 19.5. The van der Waals surface area contributed by atoms with Gasteiger partial charge in [-0.3, -0.25) is 0 Å². The molecule has 1 aliphatic heterocycles. The van der Waals surface area contributed by atoms with Gasteiger partial charge in [0.05, 0.1) is 19.1 Å². The van der Waals surface area contributed by atoms with Gasteiger partial charge in [0, 0.05) is 23.5 Å². The first-order valence-corrected chi connectivity index (χ1v) is 14.4. The van der Waals surface area contributed by atoms with Crippen molar-refractivity contribution < 1.29 is 45.3 Å². The Morgan fingerprint density at radius 1 is 0.683 bits per heavy atom. The van der Waals surface area contributed by atoms with Crippen LogP contribution in [0, 0.1) is 35.4 Å². The van der Waals surface area contributed by atoms with Gasteiger partial charge in [-0.25, -0.2) is 4.39 Å². The zero-order valence-electron chi connectivity index (χ0n) is 23.0. The van der Waals surface area contributed by atoms with E-state index in [-0.39, 0.29) is 23.2 Å². The molecule has 0 N–H and O–H groups in total. The molecule has 3 fully saturated rings. The van der Waals surface area contributed by atoms with Crippen LogP contribution in [0.15, 0.2) is 42.5 Å². The smallest absolute Gasteiger partial charge is 0.432 e. The number of rotatable bonds is 7. The Bertz CT molecular complexity index is 1130. The molecule has 4 nitrogen and oxygen atoms in total. The fourth-order valence-electron chi connectivity index (χ4n) is 6.57. The van der Waals surface area contributed by atoms with E-state index in [1.807, 2.05) is 0 Å². The van der Waals surface area contributed by atoms with E-state index in [0.29, 0.717) is 49.4 Å². The van der Waals surface area contributed by atoms with Crippen LogP contribution in [0.3, 0.4) is 0 Å². The summed E-state index contributed by atoms with van der Waals surface area (Å²) in [4.78, 5) is 0. The van der Waals surface area contributed by atoms with E-state index in [4.69, 9.17) is 14.2 Å². The number of hydrogen-bond acceptors (Lipinski definition) is 4. The lowest BCUT2D eigenvalue weighted by atomic mass is 9.69. The predicted molar refractivity (Wildman–Crippen MR) is 140 cm³/mol. The summed E-state index contributed by atoms with van der Waals surface area (Å²) in [6.45, 7) is 3.58. The second-order valence-corrected chi connectivity index (χ2v) is 11.8. The Morgan fingerprint density at radius 3 is 1.78 bits per heavy atom. The monoisotopic (exact) mass is 586 g/mol. The average molecular weight is 587 g/mol. The summed E-state index contributed by atoms with van der Waals surface area (Å²) in [5.74, 6) is -0.736. The van der Waals surface area contributed by atoms with Gasteiger partial charge in [0.2, 0.25) is 0 Å². The van der Waals surface area contributed by atoms with Crippen molar-refractivity contribution in [3.05, 3.63) is 48.3 Å². The molecule has 0 aromatic heterocycles. The summed E-state index contributed by atoms with van der Waals surface area (Å²) in [5.41, 5.74) is 0.321. The highest BCUT2D eigenvalue weighted by Gasteiger charge is 2.45. The van der Waals surface area contributed by atoms with E-state index in [1.54, 1.807) is 0 Å². The standard InChI is InChI=1S/C31H36F6O4/c1-19-17-38-29(39-18-19)23-4-2-20(3-5-23)21-6-10-24(11-7-21)30(33,34)40-26-14-15-27(28(32)16-26)22-8-12-25(13-9-22)41-31(35,36)37/h8-9,12-16,19-21,23-24,29H,2-7,10-11,17-18H2,1H3. The first kappa shape index (κ1) is 30.0. The molecule has 0 radical (unpaired) electrons. The van der Waals surface area contributed by atoms with E-state index < -0.39 is 30.0 Å². The molecule has 0 bridgehead atoms. The summed E-state index contributed by atoms with van der Waals surface area (Å²) >= 11 is 0. The van der Waals surface area contributed by atoms with Crippen LogP contribution in [0.1, 0.15) is 58.3 Å². The number of hydrogen-bond donors (Lipinski definition) is 0. The molecule has 3 aliphatic rings. The van der Waals surface area contributed by atoms with Crippen molar-refractivity contribution in [3.8, 4) is 22.6 Å². The lowest BCUT2D eigenvalue weighted by molar-refractivity contribution is -0.274. The van der Waals surface area contributed by atoms with Crippen LogP contribution in [0.2, 0.25) is 0 Å². The molecular weight excluding hydrogens is 550 g/mol. The molecule has 0 atom stereocenters. The van der Waals surface area contributed by atoms with Gasteiger partial charge in [-0.05, 0) is 93.0 Å². The molecule has 10 heteroatoms. The summed E-state index contributed by atoms with van der Waals surface area (Å²) < 4.78 is 103. The van der Waals surface area contributed by atoms with Gasteiger partial charge < -0.3 is 18.9 Å². The first-order valence-electron chi connectivity index (χ1n) is 14.4. The third-order valence-corrected chi connectivity index (χ3v) is 8.80. The quantitative estimate of drug-likeness (QED) is 0.304. The summed E-state index contributed by atoms with van der Waals surface area (Å²) in [7, 11) is 0. The van der Waals surface area contributed by atoms with Gasteiger partial charge in [0.25, 0.3) is 0 Å². The van der Waals surface area contributed by atoms with Crippen LogP contribution < -0.4 is 9.47 Å². The van der Waals surface area contributed by atoms with Crippen LogP contribution in [0.5, 0.6) is 11.5 Å². The van der Waals surface area contributed by atoms with Crippen LogP contribution in [0.4, 0.5) is 26.3 Å². The molecule has 1 heterocycles. The molecule has 0 unspecified atom stereocenters. The van der Waals surface area contributed by atoms with Gasteiger partial charge in [-0.2, -0.15) is 8.78 Å². The van der Waals surface area contributed by atoms with Crippen molar-refractivity contribution in [2.24, 2.45) is 29.6 Å². The Morgan fingerprint density at radius 2 is 1.22 bits per heavy atom. The van der Waals surface area contributed by atoms with Gasteiger partial charge in [0.1, 0.15) is 17.3 Å². The van der Waals surface area contributed by atoms with Gasteiger partial charge >= 0.3 is 12.5 Å². The Kier molecular flexibility index (Phi) is 9.09. The number of ether oxygens (including phenoxy) is 4. The van der Waals surface area contributed by atoms with Crippen LogP contribution in [-0.2, 0) is 9.47 Å². The Balaban J connectivity index is 1.11. The Hall–Kier alpha value is -2.46. The molecule has 226 valence electrons. The second kappa shape index (κ2) is 12.4. The maximum atomic E-state index is 15.1. The number of benzene rings is 2. The molecule has 1 saturated heterocycles. The molecule has 41 heavy (non-hydrogen) atoms. The van der Waals surface area contributed by atoms with Crippen LogP contribution in [0.25, 0.3) is 11.1 Å². The molecule has 2 saturated carbocycles. The maximum absolute atomic E-state index is 15.1. The van der Waals surface area contributed by atoms with Crippen LogP contribution >= 0.6 is 0 Å². The van der Waals surface area contributed by atoms with E-state index >= 15 is 8.78 Å². The minimum absolute atomic E-state index is 0.0469. The SMILES string of the molecule is CC1COC(C2CCC(C3CCC(C(F)(F)Oc4ccc(-c5ccc(OC(F)(F)F)cc5)c(F)c4)CC3)CC2)OC1. The zero-order chi connectivity index (χ0) is 29.2. The highest BCUT2D eigenvalue weighted by Crippen LogP contribution is 2.46. The summed E-state index contributed by atoms with van der Waals surface area (Å²) in [6.07, 6.45) is -2.07. The normalized spacial score (nSPS) is 29.6. The van der Waals surface area contributed by atoms with E-state index in [9.17, 15) is 17.6 Å². The maximum Gasteiger partial charge on any atom is 0.573 e. The minimum Gasteiger partial charge on any atom is -0.432 e. The van der Waals surface area contributed by atoms with E-state index in [0.717, 1.165) is 57.1 Å². The van der Waals surface area contributed by atoms with Crippen molar-refractivity contribution in [2.75, 3.05) is 13.2 Å². The molecule has 2 aromatic rings. The van der Waals surface area contributed by atoms with Gasteiger partial charge in [-0.1, -0.05) is 19.1 Å². The molecule has 5 rings (SSSR count). The highest BCUT2D eigenvalue weighted by molar-refractivity contribution is 5.65. The molecule has 2 aliphatic carbocycles. The Labute approximate surface area is 236 Å². The van der Waals surface area contributed by atoms with E-state index in [2.05, 4.69) is 11.7 Å².